The molecule has 1 N–H and O–H groups in total. The van der Waals surface area contributed by atoms with E-state index in [4.69, 9.17) is 5.26 Å². The van der Waals surface area contributed by atoms with E-state index in [0.717, 1.165) is 25.8 Å². The Morgan fingerprint density at radius 3 is 3.00 bits per heavy atom. The summed E-state index contributed by atoms with van der Waals surface area (Å²) in [6.07, 6.45) is 2.84. The van der Waals surface area contributed by atoms with Crippen molar-refractivity contribution in [3.63, 3.8) is 0 Å². The van der Waals surface area contributed by atoms with Gasteiger partial charge in [-0.15, -0.1) is 0 Å². The van der Waals surface area contributed by atoms with Crippen molar-refractivity contribution in [2.24, 2.45) is 0 Å². The molecule has 1 unspecified atom stereocenters. The molecule has 2 rings (SSSR count). The quantitative estimate of drug-likeness (QED) is 0.915. The van der Waals surface area contributed by atoms with E-state index in [-0.39, 0.29) is 17.8 Å². The minimum absolute atomic E-state index is 0.0150. The van der Waals surface area contributed by atoms with Crippen molar-refractivity contribution in [3.05, 3.63) is 35.1 Å². The van der Waals surface area contributed by atoms with Crippen LogP contribution >= 0.6 is 0 Å². The van der Waals surface area contributed by atoms with Gasteiger partial charge in [0.05, 0.1) is 17.7 Å². The Hall–Kier alpha value is -1.93. The molecule has 1 saturated heterocycles. The monoisotopic (exact) mass is 275 g/mol. The molecule has 0 aromatic heterocycles. The van der Waals surface area contributed by atoms with Gasteiger partial charge in [0, 0.05) is 19.2 Å². The molecule has 1 aliphatic heterocycles. The Morgan fingerprint density at radius 2 is 2.35 bits per heavy atom. The Morgan fingerprint density at radius 1 is 1.55 bits per heavy atom. The number of carbonyl (C=O) groups is 1. The van der Waals surface area contributed by atoms with Crippen LogP contribution in [-0.2, 0) is 11.3 Å². The number of hydrogen-bond donors (Lipinski definition) is 1. The number of carbonyl (C=O) groups excluding carboxylic acids is 1. The average Bonchev–Trinajstić information content (AvgIpc) is 2.49. The number of nitriles is 1. The van der Waals surface area contributed by atoms with Crippen molar-refractivity contribution in [1.29, 1.82) is 5.26 Å². The molecule has 1 aromatic rings. The minimum atomic E-state index is -0.384. The number of rotatable bonds is 3. The maximum atomic E-state index is 13.9. The van der Waals surface area contributed by atoms with Gasteiger partial charge in [-0.05, 0) is 31.5 Å². The lowest BCUT2D eigenvalue weighted by molar-refractivity contribution is -0.127. The summed E-state index contributed by atoms with van der Waals surface area (Å²) in [7, 11) is 1.62. The van der Waals surface area contributed by atoms with Crippen LogP contribution < -0.4 is 5.32 Å². The van der Waals surface area contributed by atoms with Crippen LogP contribution in [0.1, 0.15) is 30.4 Å². The van der Waals surface area contributed by atoms with Crippen LogP contribution in [0.5, 0.6) is 0 Å². The van der Waals surface area contributed by atoms with Crippen LogP contribution in [0.3, 0.4) is 0 Å². The zero-order chi connectivity index (χ0) is 14.5. The lowest BCUT2D eigenvalue weighted by atomic mass is 10.00. The molecule has 1 amide bonds. The Labute approximate surface area is 118 Å². The first-order valence-corrected chi connectivity index (χ1v) is 6.80. The third-order valence-electron chi connectivity index (χ3n) is 3.72. The summed E-state index contributed by atoms with van der Waals surface area (Å²) in [6.45, 7) is 1.19. The zero-order valence-corrected chi connectivity index (χ0v) is 11.5. The van der Waals surface area contributed by atoms with E-state index in [1.165, 1.54) is 6.07 Å². The highest BCUT2D eigenvalue weighted by atomic mass is 19.1. The first-order valence-electron chi connectivity index (χ1n) is 6.80. The fourth-order valence-electron chi connectivity index (χ4n) is 2.61. The minimum Gasteiger partial charge on any atom is -0.358 e. The van der Waals surface area contributed by atoms with Crippen molar-refractivity contribution >= 4 is 5.91 Å². The smallest absolute Gasteiger partial charge is 0.237 e. The third-order valence-corrected chi connectivity index (χ3v) is 3.72. The lowest BCUT2D eigenvalue weighted by Crippen LogP contribution is -2.48. The summed E-state index contributed by atoms with van der Waals surface area (Å²) < 4.78 is 13.9. The molecule has 0 radical (unpaired) electrons. The maximum Gasteiger partial charge on any atom is 0.237 e. The second-order valence-corrected chi connectivity index (χ2v) is 5.01. The average molecular weight is 275 g/mol. The fraction of sp³-hybridized carbons (Fsp3) is 0.467. The normalized spacial score (nSPS) is 19.4. The molecule has 1 atom stereocenters. The Kier molecular flexibility index (Phi) is 4.70. The molecule has 1 aromatic carbocycles. The van der Waals surface area contributed by atoms with Crippen LogP contribution in [0.2, 0.25) is 0 Å². The van der Waals surface area contributed by atoms with Gasteiger partial charge in [-0.2, -0.15) is 5.26 Å². The van der Waals surface area contributed by atoms with Crippen molar-refractivity contribution in [2.45, 2.75) is 31.8 Å². The van der Waals surface area contributed by atoms with Gasteiger partial charge in [0.25, 0.3) is 0 Å². The lowest BCUT2D eigenvalue weighted by Gasteiger charge is -2.34. The molecule has 5 heteroatoms. The SMILES string of the molecule is CNC(=O)C1CCCCN1Cc1ccc(C#N)cc1F. The molecule has 0 spiro atoms. The van der Waals surface area contributed by atoms with E-state index in [0.29, 0.717) is 17.7 Å². The number of nitrogens with one attached hydrogen (secondary N) is 1. The summed E-state index contributed by atoms with van der Waals surface area (Å²) in [5.41, 5.74) is 0.840. The van der Waals surface area contributed by atoms with Gasteiger partial charge in [-0.3, -0.25) is 9.69 Å². The number of nitrogens with zero attached hydrogens (tertiary/aromatic N) is 2. The summed E-state index contributed by atoms with van der Waals surface area (Å²) in [6, 6.07) is 6.21. The Bertz CT molecular complexity index is 538. The van der Waals surface area contributed by atoms with E-state index >= 15 is 0 Å². The van der Waals surface area contributed by atoms with E-state index in [1.54, 1.807) is 19.2 Å². The number of halogens is 1. The number of likely N-dealkylation sites (N-methyl/N-ethyl adjacent to an activating group) is 1. The van der Waals surface area contributed by atoms with Gasteiger partial charge in [-0.1, -0.05) is 12.5 Å². The first-order chi connectivity index (χ1) is 9.65. The zero-order valence-electron chi connectivity index (χ0n) is 11.5. The van der Waals surface area contributed by atoms with Crippen LogP contribution in [0.4, 0.5) is 4.39 Å². The summed E-state index contributed by atoms with van der Waals surface area (Å²) in [5.74, 6) is -0.399. The van der Waals surface area contributed by atoms with Crippen molar-refractivity contribution in [1.82, 2.24) is 10.2 Å². The van der Waals surface area contributed by atoms with Crippen molar-refractivity contribution in [3.8, 4) is 6.07 Å². The molecular weight excluding hydrogens is 257 g/mol. The Balaban J connectivity index is 2.15. The number of piperidine rings is 1. The fourth-order valence-corrected chi connectivity index (χ4v) is 2.61. The van der Waals surface area contributed by atoms with Crippen LogP contribution in [-0.4, -0.2) is 30.4 Å². The molecule has 0 saturated carbocycles. The second kappa shape index (κ2) is 6.49. The molecule has 106 valence electrons. The number of likely N-dealkylation sites (tertiary alicyclic amines) is 1. The second-order valence-electron chi connectivity index (χ2n) is 5.01. The van der Waals surface area contributed by atoms with E-state index < -0.39 is 0 Å². The maximum absolute atomic E-state index is 13.9. The number of benzene rings is 1. The highest BCUT2D eigenvalue weighted by molar-refractivity contribution is 5.81. The number of amides is 1. The predicted octanol–water partition coefficient (Wildman–Crippen LogP) is 1.80. The summed E-state index contributed by atoms with van der Waals surface area (Å²) in [4.78, 5) is 13.9. The third kappa shape index (κ3) is 3.14. The number of hydrogen-bond acceptors (Lipinski definition) is 3. The molecule has 1 fully saturated rings. The summed E-state index contributed by atoms with van der Waals surface area (Å²) >= 11 is 0. The van der Waals surface area contributed by atoms with Crippen LogP contribution in [0.25, 0.3) is 0 Å². The first kappa shape index (κ1) is 14.5. The van der Waals surface area contributed by atoms with Crippen molar-refractivity contribution in [2.75, 3.05) is 13.6 Å². The van der Waals surface area contributed by atoms with E-state index in [9.17, 15) is 9.18 Å². The molecule has 0 aliphatic carbocycles. The summed E-state index contributed by atoms with van der Waals surface area (Å²) in [5, 5.41) is 11.4. The van der Waals surface area contributed by atoms with Gasteiger partial charge >= 0.3 is 0 Å². The predicted molar refractivity (Wildman–Crippen MR) is 73.2 cm³/mol. The largest absolute Gasteiger partial charge is 0.358 e. The van der Waals surface area contributed by atoms with Gasteiger partial charge < -0.3 is 5.32 Å². The van der Waals surface area contributed by atoms with Gasteiger partial charge in [0.1, 0.15) is 5.82 Å². The standard InChI is InChI=1S/C15H18FN3O/c1-18-15(20)14-4-2-3-7-19(14)10-12-6-5-11(9-17)8-13(12)16/h5-6,8,14H,2-4,7,10H2,1H3,(H,18,20). The van der Waals surface area contributed by atoms with E-state index in [1.807, 2.05) is 11.0 Å². The highest BCUT2D eigenvalue weighted by Crippen LogP contribution is 2.21. The van der Waals surface area contributed by atoms with Gasteiger partial charge in [0.2, 0.25) is 5.91 Å². The molecular formula is C15H18FN3O. The van der Waals surface area contributed by atoms with Crippen molar-refractivity contribution < 1.29 is 9.18 Å². The molecule has 1 aliphatic rings. The van der Waals surface area contributed by atoms with Crippen LogP contribution in [0, 0.1) is 17.1 Å². The van der Waals surface area contributed by atoms with Gasteiger partial charge in [-0.25, -0.2) is 4.39 Å². The topological polar surface area (TPSA) is 56.1 Å². The highest BCUT2D eigenvalue weighted by Gasteiger charge is 2.28. The molecule has 0 bridgehead atoms. The molecule has 1 heterocycles. The van der Waals surface area contributed by atoms with Crippen LogP contribution in [0.15, 0.2) is 18.2 Å². The van der Waals surface area contributed by atoms with Gasteiger partial charge in [0.15, 0.2) is 0 Å². The molecule has 4 nitrogen and oxygen atoms in total. The van der Waals surface area contributed by atoms with E-state index in [2.05, 4.69) is 5.32 Å². The molecule has 20 heavy (non-hydrogen) atoms.